The van der Waals surface area contributed by atoms with Crippen LogP contribution in [0.15, 0.2) is 56.7 Å². The molecule has 0 spiro atoms. The summed E-state index contributed by atoms with van der Waals surface area (Å²) in [5.41, 5.74) is 1.58. The molecule has 0 heterocycles. The normalized spacial score (nSPS) is 10.4. The summed E-state index contributed by atoms with van der Waals surface area (Å²) in [6.45, 7) is 2.12. The van der Waals surface area contributed by atoms with E-state index in [2.05, 4.69) is 35.0 Å². The fourth-order valence-corrected chi connectivity index (χ4v) is 3.10. The molecule has 0 fully saturated rings. The summed E-state index contributed by atoms with van der Waals surface area (Å²) < 4.78 is 1.13. The van der Waals surface area contributed by atoms with E-state index in [0.29, 0.717) is 5.56 Å². The van der Waals surface area contributed by atoms with Crippen molar-refractivity contribution in [3.8, 4) is 0 Å². The Bertz CT molecular complexity index is 594. The van der Waals surface area contributed by atoms with E-state index in [1.54, 1.807) is 23.9 Å². The molecule has 0 saturated carbocycles. The van der Waals surface area contributed by atoms with Gasteiger partial charge in [0.2, 0.25) is 0 Å². The third kappa shape index (κ3) is 3.61. The first-order valence-corrected chi connectivity index (χ1v) is 7.50. The standard InChI is InChI=1S/C15H13BrO2S/c1-2-10-9-13(7-8-14(10)16)19-12-5-3-11(4-6-12)15(17)18/h3-9H,2H2,1H3,(H,17,18). The molecule has 2 aromatic carbocycles. The number of aryl methyl sites for hydroxylation is 1. The fourth-order valence-electron chi connectivity index (χ4n) is 1.69. The average Bonchev–Trinajstić information content (AvgIpc) is 2.41. The molecular weight excluding hydrogens is 324 g/mol. The van der Waals surface area contributed by atoms with Gasteiger partial charge in [-0.3, -0.25) is 0 Å². The first-order chi connectivity index (χ1) is 9.10. The minimum atomic E-state index is -0.895. The highest BCUT2D eigenvalue weighted by Crippen LogP contribution is 2.31. The molecule has 0 unspecified atom stereocenters. The maximum atomic E-state index is 10.8. The zero-order chi connectivity index (χ0) is 13.8. The second kappa shape index (κ2) is 6.26. The second-order valence-electron chi connectivity index (χ2n) is 4.04. The summed E-state index contributed by atoms with van der Waals surface area (Å²) in [5, 5.41) is 8.85. The van der Waals surface area contributed by atoms with E-state index < -0.39 is 5.97 Å². The largest absolute Gasteiger partial charge is 0.478 e. The molecule has 98 valence electrons. The summed E-state index contributed by atoms with van der Waals surface area (Å²) in [4.78, 5) is 13.0. The quantitative estimate of drug-likeness (QED) is 0.866. The zero-order valence-corrected chi connectivity index (χ0v) is 12.8. The molecule has 0 aliphatic carbocycles. The highest BCUT2D eigenvalue weighted by Gasteiger charge is 2.04. The van der Waals surface area contributed by atoms with Gasteiger partial charge < -0.3 is 5.11 Å². The lowest BCUT2D eigenvalue weighted by Gasteiger charge is -2.06. The van der Waals surface area contributed by atoms with Gasteiger partial charge >= 0.3 is 5.97 Å². The summed E-state index contributed by atoms with van der Waals surface area (Å²) >= 11 is 5.16. The van der Waals surface area contributed by atoms with Crippen molar-refractivity contribution in [1.29, 1.82) is 0 Å². The van der Waals surface area contributed by atoms with Gasteiger partial charge in [0.1, 0.15) is 0 Å². The van der Waals surface area contributed by atoms with E-state index in [1.807, 2.05) is 18.2 Å². The topological polar surface area (TPSA) is 37.3 Å². The van der Waals surface area contributed by atoms with E-state index in [9.17, 15) is 4.79 Å². The maximum absolute atomic E-state index is 10.8. The van der Waals surface area contributed by atoms with Crippen LogP contribution in [-0.4, -0.2) is 11.1 Å². The van der Waals surface area contributed by atoms with Crippen LogP contribution in [0.1, 0.15) is 22.8 Å². The smallest absolute Gasteiger partial charge is 0.335 e. The molecule has 0 bridgehead atoms. The van der Waals surface area contributed by atoms with Crippen molar-refractivity contribution in [3.05, 3.63) is 58.1 Å². The lowest BCUT2D eigenvalue weighted by Crippen LogP contribution is -1.94. The van der Waals surface area contributed by atoms with E-state index >= 15 is 0 Å². The number of carbonyl (C=O) groups is 1. The number of hydrogen-bond acceptors (Lipinski definition) is 2. The van der Waals surface area contributed by atoms with Crippen molar-refractivity contribution in [3.63, 3.8) is 0 Å². The third-order valence-corrected chi connectivity index (χ3v) is 4.51. The molecule has 2 aromatic rings. The fraction of sp³-hybridized carbons (Fsp3) is 0.133. The summed E-state index contributed by atoms with van der Waals surface area (Å²) in [6.07, 6.45) is 0.979. The molecule has 2 rings (SSSR count). The zero-order valence-electron chi connectivity index (χ0n) is 10.4. The minimum Gasteiger partial charge on any atom is -0.478 e. The Morgan fingerprint density at radius 2 is 1.79 bits per heavy atom. The Balaban J connectivity index is 2.19. The Hall–Kier alpha value is -1.26. The van der Waals surface area contributed by atoms with E-state index in [1.165, 1.54) is 5.56 Å². The molecule has 2 nitrogen and oxygen atoms in total. The van der Waals surface area contributed by atoms with Gasteiger partial charge in [-0.2, -0.15) is 0 Å². The van der Waals surface area contributed by atoms with Gasteiger partial charge in [0.25, 0.3) is 0 Å². The van der Waals surface area contributed by atoms with Crippen LogP contribution in [0.3, 0.4) is 0 Å². The number of carboxylic acid groups (broad SMARTS) is 1. The highest BCUT2D eigenvalue weighted by atomic mass is 79.9. The average molecular weight is 337 g/mol. The molecule has 0 amide bonds. The Morgan fingerprint density at radius 1 is 1.16 bits per heavy atom. The van der Waals surface area contributed by atoms with Gasteiger partial charge in [-0.05, 0) is 54.4 Å². The number of rotatable bonds is 4. The van der Waals surface area contributed by atoms with E-state index in [-0.39, 0.29) is 0 Å². The Kier molecular flexibility index (Phi) is 4.66. The molecule has 19 heavy (non-hydrogen) atoms. The first-order valence-electron chi connectivity index (χ1n) is 5.90. The van der Waals surface area contributed by atoms with Gasteiger partial charge in [0, 0.05) is 14.3 Å². The molecule has 0 aliphatic rings. The monoisotopic (exact) mass is 336 g/mol. The molecule has 0 atom stereocenters. The maximum Gasteiger partial charge on any atom is 0.335 e. The minimum absolute atomic E-state index is 0.314. The molecule has 0 radical (unpaired) electrons. The second-order valence-corrected chi connectivity index (χ2v) is 6.04. The van der Waals surface area contributed by atoms with Crippen molar-refractivity contribution in [1.82, 2.24) is 0 Å². The summed E-state index contributed by atoms with van der Waals surface area (Å²) in [5.74, 6) is -0.895. The number of aromatic carboxylic acids is 1. The van der Waals surface area contributed by atoms with Gasteiger partial charge in [-0.1, -0.05) is 34.6 Å². The van der Waals surface area contributed by atoms with Crippen LogP contribution in [0, 0.1) is 0 Å². The number of carboxylic acids is 1. The molecule has 0 aromatic heterocycles. The van der Waals surface area contributed by atoms with E-state index in [0.717, 1.165) is 20.7 Å². The lowest BCUT2D eigenvalue weighted by atomic mass is 10.2. The van der Waals surface area contributed by atoms with Gasteiger partial charge in [-0.15, -0.1) is 0 Å². The number of hydrogen-bond donors (Lipinski definition) is 1. The predicted octanol–water partition coefficient (Wildman–Crippen LogP) is 4.86. The molecule has 0 saturated heterocycles. The van der Waals surface area contributed by atoms with Crippen LogP contribution in [-0.2, 0) is 6.42 Å². The van der Waals surface area contributed by atoms with Crippen LogP contribution in [0.2, 0.25) is 0 Å². The summed E-state index contributed by atoms with van der Waals surface area (Å²) in [7, 11) is 0. The van der Waals surface area contributed by atoms with E-state index in [4.69, 9.17) is 5.11 Å². The van der Waals surface area contributed by atoms with Crippen LogP contribution in [0.5, 0.6) is 0 Å². The molecule has 4 heteroatoms. The van der Waals surface area contributed by atoms with Crippen molar-refractivity contribution >= 4 is 33.7 Å². The summed E-state index contributed by atoms with van der Waals surface area (Å²) in [6, 6.07) is 13.2. The molecule has 0 aliphatic heterocycles. The number of benzene rings is 2. The van der Waals surface area contributed by atoms with Gasteiger partial charge in [0.05, 0.1) is 5.56 Å². The van der Waals surface area contributed by atoms with Crippen LogP contribution >= 0.6 is 27.7 Å². The van der Waals surface area contributed by atoms with Crippen LogP contribution < -0.4 is 0 Å². The third-order valence-electron chi connectivity index (χ3n) is 2.74. The SMILES string of the molecule is CCc1cc(Sc2ccc(C(=O)O)cc2)ccc1Br. The molecule has 1 N–H and O–H groups in total. The Morgan fingerprint density at radius 3 is 2.37 bits per heavy atom. The molecular formula is C15H13BrO2S. The first kappa shape index (κ1) is 14.2. The van der Waals surface area contributed by atoms with Crippen molar-refractivity contribution in [2.75, 3.05) is 0 Å². The van der Waals surface area contributed by atoms with Gasteiger partial charge in [-0.25, -0.2) is 4.79 Å². The van der Waals surface area contributed by atoms with Crippen LogP contribution in [0.4, 0.5) is 0 Å². The van der Waals surface area contributed by atoms with Crippen molar-refractivity contribution in [2.24, 2.45) is 0 Å². The van der Waals surface area contributed by atoms with Gasteiger partial charge in [0.15, 0.2) is 0 Å². The van der Waals surface area contributed by atoms with Crippen LogP contribution in [0.25, 0.3) is 0 Å². The Labute approximate surface area is 125 Å². The lowest BCUT2D eigenvalue weighted by molar-refractivity contribution is 0.0697. The number of halogens is 1. The highest BCUT2D eigenvalue weighted by molar-refractivity contribution is 9.10. The van der Waals surface area contributed by atoms with Crippen molar-refractivity contribution in [2.45, 2.75) is 23.1 Å². The van der Waals surface area contributed by atoms with Crippen molar-refractivity contribution < 1.29 is 9.90 Å². The predicted molar refractivity (Wildman–Crippen MR) is 81.0 cm³/mol.